The van der Waals surface area contributed by atoms with Crippen LogP contribution in [0.2, 0.25) is 0 Å². The van der Waals surface area contributed by atoms with Crippen LogP contribution in [-0.2, 0) is 0 Å². The number of rotatable bonds is 2. The molecule has 1 N–H and O–H groups in total. The lowest BCUT2D eigenvalue weighted by Crippen LogP contribution is -1.86. The van der Waals surface area contributed by atoms with Crippen LogP contribution in [0.25, 0.3) is 0 Å². The third kappa shape index (κ3) is 2.45. The number of carbonyl (C=O) groups excluding carboxylic acids is 1. The normalized spacial score (nSPS) is 22.7. The monoisotopic (exact) mass is 200 g/mol. The third-order valence-electron chi connectivity index (χ3n) is 2.61. The molecule has 2 unspecified atom stereocenters. The summed E-state index contributed by atoms with van der Waals surface area (Å²) in [6, 6.07) is 7.20. The minimum Gasteiger partial charge on any atom is -0.396 e. The number of aliphatic hydroxyl groups is 1. The van der Waals surface area contributed by atoms with Crippen molar-refractivity contribution in [3.05, 3.63) is 35.4 Å². The quantitative estimate of drug-likeness (QED) is 0.580. The summed E-state index contributed by atoms with van der Waals surface area (Å²) in [6.07, 6.45) is 1.83. The van der Waals surface area contributed by atoms with Gasteiger partial charge in [-0.3, -0.25) is 4.79 Å². The van der Waals surface area contributed by atoms with Crippen molar-refractivity contribution in [2.24, 2.45) is 11.8 Å². The first kappa shape index (κ1) is 9.95. The molecule has 0 saturated heterocycles. The van der Waals surface area contributed by atoms with Gasteiger partial charge in [-0.1, -0.05) is 24.0 Å². The maximum absolute atomic E-state index is 10.4. The zero-order valence-corrected chi connectivity index (χ0v) is 8.31. The van der Waals surface area contributed by atoms with Crippen LogP contribution in [-0.4, -0.2) is 18.0 Å². The summed E-state index contributed by atoms with van der Waals surface area (Å²) in [6.45, 7) is 0.240. The van der Waals surface area contributed by atoms with Gasteiger partial charge < -0.3 is 5.11 Å². The maximum Gasteiger partial charge on any atom is 0.150 e. The number of carbonyl (C=O) groups is 1. The van der Waals surface area contributed by atoms with Gasteiger partial charge in [-0.2, -0.15) is 0 Å². The smallest absolute Gasteiger partial charge is 0.150 e. The van der Waals surface area contributed by atoms with E-state index >= 15 is 0 Å². The molecule has 76 valence electrons. The number of hydrogen-bond donors (Lipinski definition) is 1. The zero-order valence-electron chi connectivity index (χ0n) is 8.31. The second-order valence-corrected chi connectivity index (χ2v) is 3.79. The van der Waals surface area contributed by atoms with Crippen molar-refractivity contribution < 1.29 is 9.90 Å². The van der Waals surface area contributed by atoms with Crippen molar-refractivity contribution in [1.29, 1.82) is 0 Å². The Labute approximate surface area is 88.9 Å². The lowest BCUT2D eigenvalue weighted by atomic mass is 10.1. The minimum absolute atomic E-state index is 0.240. The lowest BCUT2D eigenvalue weighted by molar-refractivity contribution is 0.112. The molecule has 2 rings (SSSR count). The topological polar surface area (TPSA) is 37.3 Å². The third-order valence-corrected chi connectivity index (χ3v) is 2.61. The molecule has 0 bridgehead atoms. The molecule has 1 fully saturated rings. The standard InChI is InChI=1S/C13H12O2/c14-8-11-3-1-10(2-4-11)5-6-12-7-13(12)9-15/h1-4,8,12-13,15H,7,9H2. The van der Waals surface area contributed by atoms with E-state index in [1.54, 1.807) is 12.1 Å². The molecular weight excluding hydrogens is 188 g/mol. The van der Waals surface area contributed by atoms with E-state index in [0.29, 0.717) is 17.4 Å². The van der Waals surface area contributed by atoms with Gasteiger partial charge in [0.15, 0.2) is 0 Å². The largest absolute Gasteiger partial charge is 0.396 e. The summed E-state index contributed by atoms with van der Waals surface area (Å²) < 4.78 is 0. The average molecular weight is 200 g/mol. The van der Waals surface area contributed by atoms with Gasteiger partial charge in [0.2, 0.25) is 0 Å². The molecule has 2 atom stereocenters. The van der Waals surface area contributed by atoms with E-state index < -0.39 is 0 Å². The second kappa shape index (κ2) is 4.29. The van der Waals surface area contributed by atoms with Crippen LogP contribution in [0.3, 0.4) is 0 Å². The Balaban J connectivity index is 2.01. The van der Waals surface area contributed by atoms with Crippen molar-refractivity contribution in [3.63, 3.8) is 0 Å². The molecule has 15 heavy (non-hydrogen) atoms. The molecule has 1 saturated carbocycles. The highest BCUT2D eigenvalue weighted by Gasteiger charge is 2.34. The highest BCUT2D eigenvalue weighted by atomic mass is 16.3. The summed E-state index contributed by atoms with van der Waals surface area (Å²) in [4.78, 5) is 10.4. The van der Waals surface area contributed by atoms with Crippen molar-refractivity contribution in [2.75, 3.05) is 6.61 Å². The van der Waals surface area contributed by atoms with E-state index in [0.717, 1.165) is 18.3 Å². The first-order valence-electron chi connectivity index (χ1n) is 5.01. The van der Waals surface area contributed by atoms with Crippen molar-refractivity contribution in [2.45, 2.75) is 6.42 Å². The SMILES string of the molecule is O=Cc1ccc(C#CC2CC2CO)cc1. The Bertz CT molecular complexity index is 408. The van der Waals surface area contributed by atoms with Crippen LogP contribution in [0.1, 0.15) is 22.3 Å². The average Bonchev–Trinajstić information content (AvgIpc) is 3.06. The first-order valence-corrected chi connectivity index (χ1v) is 5.01. The maximum atomic E-state index is 10.4. The Morgan fingerprint density at radius 1 is 1.40 bits per heavy atom. The summed E-state index contributed by atoms with van der Waals surface area (Å²) in [5.41, 5.74) is 1.59. The molecule has 0 radical (unpaired) electrons. The van der Waals surface area contributed by atoms with E-state index in [1.807, 2.05) is 12.1 Å². The van der Waals surface area contributed by atoms with Crippen LogP contribution in [0.4, 0.5) is 0 Å². The molecule has 0 spiro atoms. The summed E-state index contributed by atoms with van der Waals surface area (Å²) in [5, 5.41) is 8.84. The first-order chi connectivity index (χ1) is 7.33. The van der Waals surface area contributed by atoms with Gasteiger partial charge in [-0.25, -0.2) is 0 Å². The van der Waals surface area contributed by atoms with E-state index in [-0.39, 0.29) is 6.61 Å². The molecule has 0 aromatic heterocycles. The van der Waals surface area contributed by atoms with Crippen molar-refractivity contribution >= 4 is 6.29 Å². The Morgan fingerprint density at radius 2 is 2.13 bits per heavy atom. The summed E-state index contributed by atoms with van der Waals surface area (Å²) in [7, 11) is 0. The predicted octanol–water partition coefficient (Wildman–Crippen LogP) is 1.48. The Morgan fingerprint density at radius 3 is 2.67 bits per heavy atom. The second-order valence-electron chi connectivity index (χ2n) is 3.79. The molecule has 0 amide bonds. The van der Waals surface area contributed by atoms with Crippen LogP contribution < -0.4 is 0 Å². The molecule has 1 aromatic rings. The highest BCUT2D eigenvalue weighted by Crippen LogP contribution is 2.36. The van der Waals surface area contributed by atoms with E-state index in [9.17, 15) is 4.79 Å². The number of aldehydes is 1. The van der Waals surface area contributed by atoms with Gasteiger partial charge in [0.1, 0.15) is 6.29 Å². The molecule has 2 nitrogen and oxygen atoms in total. The predicted molar refractivity (Wildman–Crippen MR) is 57.4 cm³/mol. The molecule has 2 heteroatoms. The highest BCUT2D eigenvalue weighted by molar-refractivity contribution is 5.74. The van der Waals surface area contributed by atoms with Crippen LogP contribution in [0, 0.1) is 23.7 Å². The van der Waals surface area contributed by atoms with Gasteiger partial charge >= 0.3 is 0 Å². The number of benzene rings is 1. The van der Waals surface area contributed by atoms with Gasteiger partial charge in [0.25, 0.3) is 0 Å². The minimum atomic E-state index is 0.240. The lowest BCUT2D eigenvalue weighted by Gasteiger charge is -1.90. The number of hydrogen-bond acceptors (Lipinski definition) is 2. The molecule has 1 aliphatic carbocycles. The Kier molecular flexibility index (Phi) is 2.84. The van der Waals surface area contributed by atoms with Gasteiger partial charge in [0, 0.05) is 23.7 Å². The zero-order chi connectivity index (χ0) is 10.7. The van der Waals surface area contributed by atoms with Crippen LogP contribution in [0.15, 0.2) is 24.3 Å². The van der Waals surface area contributed by atoms with Crippen LogP contribution in [0.5, 0.6) is 0 Å². The molecule has 1 aliphatic rings. The fraction of sp³-hybridized carbons (Fsp3) is 0.308. The Hall–Kier alpha value is -1.59. The molecule has 0 heterocycles. The fourth-order valence-electron chi connectivity index (χ4n) is 1.45. The van der Waals surface area contributed by atoms with E-state index in [1.165, 1.54) is 0 Å². The molecular formula is C13H12O2. The van der Waals surface area contributed by atoms with E-state index in [4.69, 9.17) is 5.11 Å². The van der Waals surface area contributed by atoms with Crippen molar-refractivity contribution in [3.8, 4) is 11.8 Å². The summed E-state index contributed by atoms with van der Waals surface area (Å²) >= 11 is 0. The fourth-order valence-corrected chi connectivity index (χ4v) is 1.45. The van der Waals surface area contributed by atoms with Crippen LogP contribution >= 0.6 is 0 Å². The van der Waals surface area contributed by atoms with Gasteiger partial charge in [-0.05, 0) is 24.5 Å². The van der Waals surface area contributed by atoms with Crippen molar-refractivity contribution in [1.82, 2.24) is 0 Å². The van der Waals surface area contributed by atoms with Gasteiger partial charge in [-0.15, -0.1) is 0 Å². The van der Waals surface area contributed by atoms with Gasteiger partial charge in [0.05, 0.1) is 0 Å². The molecule has 0 aliphatic heterocycles. The molecule has 1 aromatic carbocycles. The number of aliphatic hydroxyl groups excluding tert-OH is 1. The summed E-state index contributed by atoms with van der Waals surface area (Å²) in [5.74, 6) is 6.90. The van der Waals surface area contributed by atoms with E-state index in [2.05, 4.69) is 11.8 Å².